The Kier molecular flexibility index (Phi) is 6.00. The minimum absolute atomic E-state index is 0.0132. The SMILES string of the molecule is COCC1(CNC(=O)c2n[nH]c(C(C)C)c2Br)CCNCC1. The normalized spacial score (nSPS) is 17.7. The van der Waals surface area contributed by atoms with Crippen LogP contribution in [-0.2, 0) is 4.74 Å². The van der Waals surface area contributed by atoms with Crippen molar-refractivity contribution >= 4 is 21.8 Å². The first-order valence-corrected chi connectivity index (χ1v) is 8.50. The topological polar surface area (TPSA) is 79.0 Å². The number of hydrogen-bond donors (Lipinski definition) is 3. The quantitative estimate of drug-likeness (QED) is 0.713. The van der Waals surface area contributed by atoms with Crippen LogP contribution >= 0.6 is 15.9 Å². The number of halogens is 1. The molecule has 1 fully saturated rings. The first kappa shape index (κ1) is 17.4. The summed E-state index contributed by atoms with van der Waals surface area (Å²) in [4.78, 5) is 12.4. The predicted octanol–water partition coefficient (Wildman–Crippen LogP) is 2.04. The van der Waals surface area contributed by atoms with Crippen molar-refractivity contribution in [2.75, 3.05) is 33.4 Å². The monoisotopic (exact) mass is 372 g/mol. The van der Waals surface area contributed by atoms with Gasteiger partial charge in [0, 0.05) is 19.1 Å². The van der Waals surface area contributed by atoms with Crippen molar-refractivity contribution in [3.8, 4) is 0 Å². The summed E-state index contributed by atoms with van der Waals surface area (Å²) in [5.74, 6) is 0.136. The van der Waals surface area contributed by atoms with Gasteiger partial charge < -0.3 is 15.4 Å². The Morgan fingerprint density at radius 3 is 2.68 bits per heavy atom. The van der Waals surface area contributed by atoms with Crippen LogP contribution in [0.1, 0.15) is 48.8 Å². The summed E-state index contributed by atoms with van der Waals surface area (Å²) in [5.41, 5.74) is 1.38. The average molecular weight is 373 g/mol. The Bertz CT molecular complexity index is 504. The largest absolute Gasteiger partial charge is 0.384 e. The van der Waals surface area contributed by atoms with Crippen LogP contribution in [0.5, 0.6) is 0 Å². The molecule has 1 aliphatic rings. The first-order valence-electron chi connectivity index (χ1n) is 7.71. The molecule has 7 heteroatoms. The summed E-state index contributed by atoms with van der Waals surface area (Å²) in [6.07, 6.45) is 2.00. The van der Waals surface area contributed by atoms with Gasteiger partial charge in [0.2, 0.25) is 0 Å². The van der Waals surface area contributed by atoms with Crippen LogP contribution in [0, 0.1) is 5.41 Å². The number of nitrogens with one attached hydrogen (secondary N) is 3. The van der Waals surface area contributed by atoms with Crippen molar-refractivity contribution in [1.29, 1.82) is 0 Å². The van der Waals surface area contributed by atoms with Gasteiger partial charge in [-0.05, 0) is 47.8 Å². The van der Waals surface area contributed by atoms with E-state index in [0.717, 1.165) is 36.1 Å². The molecule has 22 heavy (non-hydrogen) atoms. The Balaban J connectivity index is 2.02. The van der Waals surface area contributed by atoms with E-state index in [0.29, 0.717) is 18.8 Å². The summed E-state index contributed by atoms with van der Waals surface area (Å²) in [5, 5.41) is 13.5. The molecule has 124 valence electrons. The fourth-order valence-corrected chi connectivity index (χ4v) is 3.68. The number of ether oxygens (including phenoxy) is 1. The highest BCUT2D eigenvalue weighted by Crippen LogP contribution is 2.29. The lowest BCUT2D eigenvalue weighted by Crippen LogP contribution is -2.47. The Morgan fingerprint density at radius 2 is 2.14 bits per heavy atom. The van der Waals surface area contributed by atoms with E-state index in [1.165, 1.54) is 0 Å². The maximum absolute atomic E-state index is 12.4. The summed E-state index contributed by atoms with van der Waals surface area (Å²) in [6.45, 7) is 7.31. The van der Waals surface area contributed by atoms with E-state index < -0.39 is 0 Å². The molecule has 1 aromatic rings. The van der Waals surface area contributed by atoms with E-state index >= 15 is 0 Å². The molecule has 0 saturated carbocycles. The number of aromatic nitrogens is 2. The van der Waals surface area contributed by atoms with Crippen LogP contribution in [-0.4, -0.2) is 49.5 Å². The summed E-state index contributed by atoms with van der Waals surface area (Å²) >= 11 is 3.47. The average Bonchev–Trinajstić information content (AvgIpc) is 2.88. The smallest absolute Gasteiger partial charge is 0.272 e. The van der Waals surface area contributed by atoms with Gasteiger partial charge in [-0.1, -0.05) is 13.8 Å². The van der Waals surface area contributed by atoms with E-state index in [9.17, 15) is 4.79 Å². The number of methoxy groups -OCH3 is 1. The van der Waals surface area contributed by atoms with Crippen molar-refractivity contribution in [3.05, 3.63) is 15.9 Å². The van der Waals surface area contributed by atoms with Crippen LogP contribution < -0.4 is 10.6 Å². The summed E-state index contributed by atoms with van der Waals surface area (Å²) < 4.78 is 6.13. The van der Waals surface area contributed by atoms with Gasteiger partial charge in [0.05, 0.1) is 16.8 Å². The summed E-state index contributed by atoms with van der Waals surface area (Å²) in [6, 6.07) is 0. The van der Waals surface area contributed by atoms with Crippen molar-refractivity contribution in [2.45, 2.75) is 32.6 Å². The number of piperidine rings is 1. The molecule has 1 saturated heterocycles. The lowest BCUT2D eigenvalue weighted by atomic mass is 9.79. The molecule has 1 aliphatic heterocycles. The van der Waals surface area contributed by atoms with Crippen LogP contribution in [0.25, 0.3) is 0 Å². The summed E-state index contributed by atoms with van der Waals surface area (Å²) in [7, 11) is 1.71. The molecule has 1 aromatic heterocycles. The Labute approximate surface area is 139 Å². The van der Waals surface area contributed by atoms with Crippen molar-refractivity contribution < 1.29 is 9.53 Å². The zero-order valence-corrected chi connectivity index (χ0v) is 15.0. The fourth-order valence-electron chi connectivity index (χ4n) is 2.86. The molecule has 2 heterocycles. The molecule has 3 N–H and O–H groups in total. The van der Waals surface area contributed by atoms with E-state index in [2.05, 4.69) is 50.6 Å². The molecule has 6 nitrogen and oxygen atoms in total. The standard InChI is InChI=1S/C15H25BrN4O2/c1-10(2)12-11(16)13(20-19-12)14(21)18-8-15(9-22-3)4-6-17-7-5-15/h10,17H,4-9H2,1-3H3,(H,18,21)(H,19,20). The first-order chi connectivity index (χ1) is 10.5. The third kappa shape index (κ3) is 3.88. The number of rotatable bonds is 6. The molecule has 1 amide bonds. The maximum Gasteiger partial charge on any atom is 0.272 e. The Hall–Kier alpha value is -0.920. The van der Waals surface area contributed by atoms with Gasteiger partial charge >= 0.3 is 0 Å². The molecule has 0 atom stereocenters. The maximum atomic E-state index is 12.4. The lowest BCUT2D eigenvalue weighted by molar-refractivity contribution is 0.0510. The highest BCUT2D eigenvalue weighted by atomic mass is 79.9. The third-order valence-corrected chi connectivity index (χ3v) is 5.07. The minimum Gasteiger partial charge on any atom is -0.384 e. The molecule has 0 radical (unpaired) electrons. The second kappa shape index (κ2) is 7.57. The number of aromatic amines is 1. The molecular weight excluding hydrogens is 348 g/mol. The van der Waals surface area contributed by atoms with Crippen LogP contribution in [0.2, 0.25) is 0 Å². The van der Waals surface area contributed by atoms with Crippen LogP contribution in [0.15, 0.2) is 4.47 Å². The van der Waals surface area contributed by atoms with Gasteiger partial charge in [-0.15, -0.1) is 0 Å². The number of hydrogen-bond acceptors (Lipinski definition) is 4. The van der Waals surface area contributed by atoms with Crippen molar-refractivity contribution in [2.24, 2.45) is 5.41 Å². The molecule has 0 bridgehead atoms. The van der Waals surface area contributed by atoms with Gasteiger partial charge in [-0.2, -0.15) is 5.10 Å². The number of carbonyl (C=O) groups is 1. The van der Waals surface area contributed by atoms with Crippen molar-refractivity contribution in [3.63, 3.8) is 0 Å². The number of carbonyl (C=O) groups excluding carboxylic acids is 1. The molecule has 0 aromatic carbocycles. The number of H-pyrrole nitrogens is 1. The number of amides is 1. The number of nitrogens with zero attached hydrogens (tertiary/aromatic N) is 1. The zero-order chi connectivity index (χ0) is 16.2. The van der Waals surface area contributed by atoms with Gasteiger partial charge in [-0.25, -0.2) is 0 Å². The molecule has 0 spiro atoms. The van der Waals surface area contributed by atoms with E-state index in [1.54, 1.807) is 7.11 Å². The minimum atomic E-state index is -0.149. The molecule has 0 aliphatic carbocycles. The van der Waals surface area contributed by atoms with E-state index in [4.69, 9.17) is 4.74 Å². The van der Waals surface area contributed by atoms with Gasteiger partial charge in [0.25, 0.3) is 5.91 Å². The highest BCUT2D eigenvalue weighted by molar-refractivity contribution is 9.10. The highest BCUT2D eigenvalue weighted by Gasteiger charge is 2.33. The van der Waals surface area contributed by atoms with Gasteiger partial charge in [-0.3, -0.25) is 9.89 Å². The van der Waals surface area contributed by atoms with Crippen LogP contribution in [0.4, 0.5) is 0 Å². The second-order valence-corrected chi connectivity index (χ2v) is 7.11. The lowest BCUT2D eigenvalue weighted by Gasteiger charge is -2.37. The Morgan fingerprint density at radius 1 is 1.45 bits per heavy atom. The zero-order valence-electron chi connectivity index (χ0n) is 13.5. The molecule has 0 unspecified atom stereocenters. The fraction of sp³-hybridized carbons (Fsp3) is 0.733. The second-order valence-electron chi connectivity index (χ2n) is 6.32. The van der Waals surface area contributed by atoms with E-state index in [-0.39, 0.29) is 17.2 Å². The molecule has 2 rings (SSSR count). The molecular formula is C15H25BrN4O2. The van der Waals surface area contributed by atoms with Gasteiger partial charge in [0.1, 0.15) is 0 Å². The van der Waals surface area contributed by atoms with E-state index in [1.807, 2.05) is 0 Å². The third-order valence-electron chi connectivity index (χ3n) is 4.26. The van der Waals surface area contributed by atoms with Gasteiger partial charge in [0.15, 0.2) is 5.69 Å². The van der Waals surface area contributed by atoms with Crippen molar-refractivity contribution in [1.82, 2.24) is 20.8 Å². The van der Waals surface area contributed by atoms with Crippen LogP contribution in [0.3, 0.4) is 0 Å². The predicted molar refractivity (Wildman–Crippen MR) is 89.1 cm³/mol.